The third-order valence-corrected chi connectivity index (χ3v) is 6.29. The van der Waals surface area contributed by atoms with E-state index in [-0.39, 0.29) is 11.8 Å². The molecule has 7 heteroatoms. The van der Waals surface area contributed by atoms with Crippen molar-refractivity contribution >= 4 is 39.5 Å². The van der Waals surface area contributed by atoms with E-state index in [1.807, 2.05) is 62.4 Å². The normalized spacial score (nSPS) is 11.8. The van der Waals surface area contributed by atoms with Gasteiger partial charge in [-0.1, -0.05) is 54.0 Å². The summed E-state index contributed by atoms with van der Waals surface area (Å²) in [6.07, 6.45) is 0. The second-order valence-electron chi connectivity index (χ2n) is 7.80. The van der Waals surface area contributed by atoms with Crippen LogP contribution in [0.15, 0.2) is 53.0 Å². The first-order valence-corrected chi connectivity index (χ1v) is 12.3. The highest BCUT2D eigenvalue weighted by atomic mass is 79.9. The van der Waals surface area contributed by atoms with Crippen LogP contribution in [0.1, 0.15) is 31.9 Å². The van der Waals surface area contributed by atoms with Crippen LogP contribution in [0.4, 0.5) is 0 Å². The molecule has 2 aromatic rings. The molecule has 0 fully saturated rings. The number of carbonyl (C=O) groups excluding carboxylic acids is 2. The minimum Gasteiger partial charge on any atom is -0.497 e. The van der Waals surface area contributed by atoms with Crippen molar-refractivity contribution in [3.8, 4) is 5.75 Å². The Morgan fingerprint density at radius 1 is 1.03 bits per heavy atom. The van der Waals surface area contributed by atoms with E-state index in [1.54, 1.807) is 30.7 Å². The summed E-state index contributed by atoms with van der Waals surface area (Å²) in [4.78, 5) is 27.4. The van der Waals surface area contributed by atoms with Crippen molar-refractivity contribution < 1.29 is 14.3 Å². The van der Waals surface area contributed by atoms with Gasteiger partial charge in [0.15, 0.2) is 0 Å². The molecule has 0 aliphatic heterocycles. The quantitative estimate of drug-likeness (QED) is 0.471. The number of nitrogens with one attached hydrogen (secondary N) is 1. The number of rotatable bonds is 11. The number of halogens is 1. The number of methoxy groups -OCH3 is 1. The zero-order chi connectivity index (χ0) is 22.8. The molecule has 1 unspecified atom stereocenters. The number of amides is 2. The van der Waals surface area contributed by atoms with Gasteiger partial charge in [0, 0.05) is 23.3 Å². The predicted octanol–water partition coefficient (Wildman–Crippen LogP) is 4.88. The molecule has 31 heavy (non-hydrogen) atoms. The molecule has 0 saturated heterocycles. The highest BCUT2D eigenvalue weighted by molar-refractivity contribution is 9.10. The van der Waals surface area contributed by atoms with Crippen LogP contribution in [0.2, 0.25) is 0 Å². The molecule has 1 N–H and O–H groups in total. The average Bonchev–Trinajstić information content (AvgIpc) is 2.76. The monoisotopic (exact) mass is 506 g/mol. The van der Waals surface area contributed by atoms with Gasteiger partial charge in [-0.2, -0.15) is 0 Å². The van der Waals surface area contributed by atoms with E-state index in [4.69, 9.17) is 4.74 Å². The summed E-state index contributed by atoms with van der Waals surface area (Å²) in [6, 6.07) is 15.1. The van der Waals surface area contributed by atoms with E-state index in [2.05, 4.69) is 21.2 Å². The Balaban J connectivity index is 2.03. The minimum atomic E-state index is -0.545. The SMILES string of the molecule is COc1ccc(CSCC(=O)N(Cc2ccc(Br)cc2)C(C)C(=O)NCC(C)C)cc1. The Bertz CT molecular complexity index is 841. The molecule has 0 aromatic heterocycles. The number of ether oxygens (including phenoxy) is 1. The molecule has 0 heterocycles. The molecule has 2 aromatic carbocycles. The summed E-state index contributed by atoms with van der Waals surface area (Å²) in [7, 11) is 1.64. The summed E-state index contributed by atoms with van der Waals surface area (Å²) in [5, 5.41) is 2.95. The van der Waals surface area contributed by atoms with Gasteiger partial charge in [0.2, 0.25) is 11.8 Å². The molecule has 168 valence electrons. The second kappa shape index (κ2) is 12.8. The van der Waals surface area contributed by atoms with E-state index in [1.165, 1.54) is 0 Å². The molecule has 0 aliphatic rings. The van der Waals surface area contributed by atoms with Gasteiger partial charge in [0.05, 0.1) is 12.9 Å². The Morgan fingerprint density at radius 3 is 2.23 bits per heavy atom. The van der Waals surface area contributed by atoms with Crippen molar-refractivity contribution in [2.45, 2.75) is 39.1 Å². The third-order valence-electron chi connectivity index (χ3n) is 4.77. The van der Waals surface area contributed by atoms with Crippen LogP contribution in [0, 0.1) is 5.92 Å². The molecule has 0 bridgehead atoms. The molecule has 2 rings (SSSR count). The minimum absolute atomic E-state index is 0.0476. The standard InChI is InChI=1S/C24H31BrN2O3S/c1-17(2)13-26-24(29)18(3)27(14-19-5-9-21(25)10-6-19)23(28)16-31-15-20-7-11-22(30-4)12-8-20/h5-12,17-18H,13-16H2,1-4H3,(H,26,29). The average molecular weight is 507 g/mol. The fourth-order valence-corrected chi connectivity index (χ4v) is 4.02. The van der Waals surface area contributed by atoms with Crippen LogP contribution in [-0.2, 0) is 21.9 Å². The smallest absolute Gasteiger partial charge is 0.242 e. The van der Waals surface area contributed by atoms with Gasteiger partial charge >= 0.3 is 0 Å². The van der Waals surface area contributed by atoms with Crippen LogP contribution in [-0.4, -0.2) is 42.2 Å². The maximum absolute atomic E-state index is 13.1. The number of hydrogen-bond donors (Lipinski definition) is 1. The largest absolute Gasteiger partial charge is 0.497 e. The maximum Gasteiger partial charge on any atom is 0.242 e. The van der Waals surface area contributed by atoms with Crippen molar-refractivity contribution in [2.75, 3.05) is 19.4 Å². The molecule has 1 atom stereocenters. The first kappa shape index (κ1) is 25.3. The summed E-state index contributed by atoms with van der Waals surface area (Å²) in [5.41, 5.74) is 2.11. The molecule has 2 amide bonds. The molecule has 5 nitrogen and oxygen atoms in total. The Kier molecular flexibility index (Phi) is 10.4. The maximum atomic E-state index is 13.1. The highest BCUT2D eigenvalue weighted by Crippen LogP contribution is 2.19. The molecule has 0 radical (unpaired) electrons. The third kappa shape index (κ3) is 8.57. The lowest BCUT2D eigenvalue weighted by Gasteiger charge is -2.29. The zero-order valence-corrected chi connectivity index (χ0v) is 21.0. The van der Waals surface area contributed by atoms with Crippen LogP contribution in [0.5, 0.6) is 5.75 Å². The Hall–Kier alpha value is -1.99. The van der Waals surface area contributed by atoms with E-state index >= 15 is 0 Å². The number of hydrogen-bond acceptors (Lipinski definition) is 4. The lowest BCUT2D eigenvalue weighted by Crippen LogP contribution is -2.48. The van der Waals surface area contributed by atoms with Gasteiger partial charge in [-0.15, -0.1) is 11.8 Å². The fourth-order valence-electron chi connectivity index (χ4n) is 2.88. The van der Waals surface area contributed by atoms with Crippen LogP contribution in [0.25, 0.3) is 0 Å². The van der Waals surface area contributed by atoms with Crippen LogP contribution >= 0.6 is 27.7 Å². The van der Waals surface area contributed by atoms with E-state index in [0.29, 0.717) is 24.8 Å². The molecule has 0 aliphatic carbocycles. The van der Waals surface area contributed by atoms with Crippen molar-refractivity contribution in [3.05, 3.63) is 64.1 Å². The van der Waals surface area contributed by atoms with Gasteiger partial charge in [-0.3, -0.25) is 9.59 Å². The molecule has 0 spiro atoms. The predicted molar refractivity (Wildman–Crippen MR) is 131 cm³/mol. The van der Waals surface area contributed by atoms with Crippen molar-refractivity contribution in [1.29, 1.82) is 0 Å². The first-order chi connectivity index (χ1) is 14.8. The summed E-state index contributed by atoms with van der Waals surface area (Å²) in [6.45, 7) is 6.87. The van der Waals surface area contributed by atoms with Gasteiger partial charge in [-0.05, 0) is 48.2 Å². The number of carbonyl (C=O) groups is 2. The lowest BCUT2D eigenvalue weighted by molar-refractivity contribution is -0.138. The summed E-state index contributed by atoms with van der Waals surface area (Å²) >= 11 is 4.98. The first-order valence-electron chi connectivity index (χ1n) is 10.3. The fraction of sp³-hybridized carbons (Fsp3) is 0.417. The van der Waals surface area contributed by atoms with Gasteiger partial charge in [0.25, 0.3) is 0 Å². The number of nitrogens with zero attached hydrogens (tertiary/aromatic N) is 1. The topological polar surface area (TPSA) is 58.6 Å². The second-order valence-corrected chi connectivity index (χ2v) is 9.71. The van der Waals surface area contributed by atoms with E-state index in [0.717, 1.165) is 27.1 Å². The highest BCUT2D eigenvalue weighted by Gasteiger charge is 2.26. The van der Waals surface area contributed by atoms with E-state index < -0.39 is 6.04 Å². The van der Waals surface area contributed by atoms with Crippen molar-refractivity contribution in [3.63, 3.8) is 0 Å². The molecular formula is C24H31BrN2O3S. The van der Waals surface area contributed by atoms with Gasteiger partial charge in [0.1, 0.15) is 11.8 Å². The van der Waals surface area contributed by atoms with Crippen molar-refractivity contribution in [2.24, 2.45) is 5.92 Å². The van der Waals surface area contributed by atoms with E-state index in [9.17, 15) is 9.59 Å². The Labute approximate surface area is 198 Å². The Morgan fingerprint density at radius 2 is 1.65 bits per heavy atom. The van der Waals surface area contributed by atoms with Crippen molar-refractivity contribution in [1.82, 2.24) is 10.2 Å². The molecular weight excluding hydrogens is 476 g/mol. The van der Waals surface area contributed by atoms with Gasteiger partial charge in [-0.25, -0.2) is 0 Å². The van der Waals surface area contributed by atoms with Crippen LogP contribution in [0.3, 0.4) is 0 Å². The number of benzene rings is 2. The summed E-state index contributed by atoms with van der Waals surface area (Å²) in [5.74, 6) is 2.02. The van der Waals surface area contributed by atoms with Crippen LogP contribution < -0.4 is 10.1 Å². The lowest BCUT2D eigenvalue weighted by atomic mass is 10.1. The molecule has 0 saturated carbocycles. The number of thioether (sulfide) groups is 1. The van der Waals surface area contributed by atoms with Gasteiger partial charge < -0.3 is 15.0 Å². The zero-order valence-electron chi connectivity index (χ0n) is 18.6. The summed E-state index contributed by atoms with van der Waals surface area (Å²) < 4.78 is 6.16.